The van der Waals surface area contributed by atoms with Crippen LogP contribution in [0.4, 0.5) is 5.69 Å². The van der Waals surface area contributed by atoms with Crippen LogP contribution in [0, 0.1) is 0 Å². The Morgan fingerprint density at radius 1 is 0.972 bits per heavy atom. The van der Waals surface area contributed by atoms with Crippen molar-refractivity contribution in [1.82, 2.24) is 13.8 Å². The van der Waals surface area contributed by atoms with Gasteiger partial charge in [-0.1, -0.05) is 44.2 Å². The number of aromatic nitrogens is 1. The molecule has 0 N–H and O–H groups in total. The largest absolute Gasteiger partial charge is 0.379 e. The van der Waals surface area contributed by atoms with Gasteiger partial charge in [-0.15, -0.1) is 11.3 Å². The molecular formula is C27H36N4O3S2. The number of nitrogens with zero attached hydrogens (tertiary/aromatic N) is 4. The van der Waals surface area contributed by atoms with E-state index in [1.165, 1.54) is 0 Å². The molecule has 36 heavy (non-hydrogen) atoms. The van der Waals surface area contributed by atoms with Crippen molar-refractivity contribution in [2.24, 2.45) is 4.99 Å². The fourth-order valence-corrected chi connectivity index (χ4v) is 6.99. The van der Waals surface area contributed by atoms with Crippen molar-refractivity contribution < 1.29 is 13.2 Å². The molecule has 1 aliphatic rings. The molecule has 2 heterocycles. The maximum absolute atomic E-state index is 13.4. The molecule has 0 unspecified atom stereocenters. The molecule has 7 nitrogen and oxygen atoms in total. The minimum Gasteiger partial charge on any atom is -0.379 e. The Labute approximate surface area is 218 Å². The molecule has 1 fully saturated rings. The predicted octanol–water partition coefficient (Wildman–Crippen LogP) is 4.59. The summed E-state index contributed by atoms with van der Waals surface area (Å²) in [6.07, 6.45) is 1.57. The third kappa shape index (κ3) is 6.52. The van der Waals surface area contributed by atoms with Gasteiger partial charge < -0.3 is 9.30 Å². The second-order valence-electron chi connectivity index (χ2n) is 8.89. The lowest BCUT2D eigenvalue weighted by atomic mass is 10.2. The van der Waals surface area contributed by atoms with E-state index in [0.717, 1.165) is 74.0 Å². The van der Waals surface area contributed by atoms with E-state index in [2.05, 4.69) is 14.8 Å². The molecule has 194 valence electrons. The van der Waals surface area contributed by atoms with Gasteiger partial charge in [-0.05, 0) is 37.1 Å². The SMILES string of the molecule is CCCN(CCC)S(=O)(=O)c1cccc(-c2csc(=Nc3ccccc3)n2CCN2CCOCC2)c1. The first-order valence-electron chi connectivity index (χ1n) is 12.7. The first-order chi connectivity index (χ1) is 17.5. The predicted molar refractivity (Wildman–Crippen MR) is 146 cm³/mol. The van der Waals surface area contributed by atoms with Crippen LogP contribution in [0.15, 0.2) is 69.9 Å². The number of hydrogen-bond donors (Lipinski definition) is 0. The summed E-state index contributed by atoms with van der Waals surface area (Å²) in [5.74, 6) is 0. The van der Waals surface area contributed by atoms with Gasteiger partial charge in [-0.25, -0.2) is 13.4 Å². The Morgan fingerprint density at radius 2 is 1.69 bits per heavy atom. The highest BCUT2D eigenvalue weighted by Gasteiger charge is 2.24. The zero-order chi connectivity index (χ0) is 25.4. The van der Waals surface area contributed by atoms with Gasteiger partial charge >= 0.3 is 0 Å². The molecule has 4 rings (SSSR count). The molecule has 9 heteroatoms. The summed E-state index contributed by atoms with van der Waals surface area (Å²) >= 11 is 1.58. The van der Waals surface area contributed by atoms with Gasteiger partial charge in [-0.2, -0.15) is 4.31 Å². The summed E-state index contributed by atoms with van der Waals surface area (Å²) in [5, 5.41) is 2.09. The number of rotatable bonds is 11. The Balaban J connectivity index is 1.72. The van der Waals surface area contributed by atoms with Crippen molar-refractivity contribution >= 4 is 27.0 Å². The maximum atomic E-state index is 13.4. The number of benzene rings is 2. The minimum absolute atomic E-state index is 0.342. The second kappa shape index (κ2) is 12.8. The first kappa shape index (κ1) is 26.8. The number of ether oxygens (including phenoxy) is 1. The highest BCUT2D eigenvalue weighted by molar-refractivity contribution is 7.89. The zero-order valence-electron chi connectivity index (χ0n) is 21.2. The van der Waals surface area contributed by atoms with Gasteiger partial charge in [0.2, 0.25) is 10.0 Å². The van der Waals surface area contributed by atoms with Crippen LogP contribution in [0.3, 0.4) is 0 Å². The highest BCUT2D eigenvalue weighted by atomic mass is 32.2. The van der Waals surface area contributed by atoms with E-state index in [0.29, 0.717) is 18.0 Å². The van der Waals surface area contributed by atoms with Crippen LogP contribution in [0.1, 0.15) is 26.7 Å². The van der Waals surface area contributed by atoms with Crippen molar-refractivity contribution in [1.29, 1.82) is 0 Å². The van der Waals surface area contributed by atoms with Gasteiger partial charge in [0, 0.05) is 50.2 Å². The van der Waals surface area contributed by atoms with Crippen molar-refractivity contribution in [3.8, 4) is 11.3 Å². The van der Waals surface area contributed by atoms with Gasteiger partial charge in [0.15, 0.2) is 4.80 Å². The Bertz CT molecular complexity index is 1270. The topological polar surface area (TPSA) is 67.1 Å². The van der Waals surface area contributed by atoms with E-state index < -0.39 is 10.0 Å². The minimum atomic E-state index is -3.56. The molecule has 0 spiro atoms. The molecule has 0 amide bonds. The molecule has 3 aromatic rings. The third-order valence-electron chi connectivity index (χ3n) is 6.24. The third-order valence-corrected chi connectivity index (χ3v) is 8.99. The van der Waals surface area contributed by atoms with Gasteiger partial charge in [-0.3, -0.25) is 4.90 Å². The Hall–Kier alpha value is -2.30. The summed E-state index contributed by atoms with van der Waals surface area (Å²) in [4.78, 5) is 8.55. The van der Waals surface area contributed by atoms with E-state index >= 15 is 0 Å². The molecule has 1 saturated heterocycles. The molecule has 0 bridgehead atoms. The van der Waals surface area contributed by atoms with Crippen LogP contribution in [0.25, 0.3) is 11.3 Å². The van der Waals surface area contributed by atoms with Crippen LogP contribution < -0.4 is 4.80 Å². The Kier molecular flexibility index (Phi) is 9.50. The monoisotopic (exact) mass is 528 g/mol. The van der Waals surface area contributed by atoms with Crippen LogP contribution >= 0.6 is 11.3 Å². The maximum Gasteiger partial charge on any atom is 0.243 e. The van der Waals surface area contributed by atoms with E-state index in [1.807, 2.05) is 62.4 Å². The lowest BCUT2D eigenvalue weighted by Crippen LogP contribution is -2.39. The van der Waals surface area contributed by atoms with Crippen molar-refractivity contribution in [3.63, 3.8) is 0 Å². The lowest BCUT2D eigenvalue weighted by Gasteiger charge is -2.27. The van der Waals surface area contributed by atoms with Gasteiger partial charge in [0.25, 0.3) is 0 Å². The molecule has 2 aromatic carbocycles. The molecular weight excluding hydrogens is 492 g/mol. The van der Waals surface area contributed by atoms with E-state index in [-0.39, 0.29) is 0 Å². The van der Waals surface area contributed by atoms with Gasteiger partial charge in [0.05, 0.1) is 29.5 Å². The summed E-state index contributed by atoms with van der Waals surface area (Å²) in [6, 6.07) is 17.3. The molecule has 0 radical (unpaired) electrons. The molecule has 0 atom stereocenters. The van der Waals surface area contributed by atoms with E-state index in [4.69, 9.17) is 9.73 Å². The van der Waals surface area contributed by atoms with Crippen molar-refractivity contribution in [2.75, 3.05) is 45.9 Å². The second-order valence-corrected chi connectivity index (χ2v) is 11.7. The summed E-state index contributed by atoms with van der Waals surface area (Å²) in [5.41, 5.74) is 2.77. The van der Waals surface area contributed by atoms with Crippen LogP contribution in [-0.4, -0.2) is 68.1 Å². The number of hydrogen-bond acceptors (Lipinski definition) is 6. The zero-order valence-corrected chi connectivity index (χ0v) is 22.8. The standard InChI is InChI=1S/C27H36N4O3S2/c1-3-13-30(14-4-2)36(32,33)25-12-8-9-23(21-25)26-22-35-27(28-24-10-6-5-7-11-24)31(26)16-15-29-17-19-34-20-18-29/h5-12,21-22H,3-4,13-20H2,1-2H3. The van der Waals surface area contributed by atoms with Crippen molar-refractivity contribution in [2.45, 2.75) is 38.1 Å². The van der Waals surface area contributed by atoms with Crippen molar-refractivity contribution in [3.05, 3.63) is 64.8 Å². The average Bonchev–Trinajstić information content (AvgIpc) is 3.30. The fourth-order valence-electron chi connectivity index (χ4n) is 4.36. The normalized spacial score (nSPS) is 15.6. The Morgan fingerprint density at radius 3 is 2.39 bits per heavy atom. The molecule has 0 saturated carbocycles. The van der Waals surface area contributed by atoms with E-state index in [9.17, 15) is 8.42 Å². The summed E-state index contributed by atoms with van der Waals surface area (Å²) in [6.45, 7) is 10.1. The smallest absolute Gasteiger partial charge is 0.243 e. The van der Waals surface area contributed by atoms with Crippen LogP contribution in [-0.2, 0) is 21.3 Å². The van der Waals surface area contributed by atoms with E-state index in [1.54, 1.807) is 21.7 Å². The average molecular weight is 529 g/mol. The number of thiazole rings is 1. The number of sulfonamides is 1. The summed E-state index contributed by atoms with van der Waals surface area (Å²) in [7, 11) is -3.56. The fraction of sp³-hybridized carbons (Fsp3) is 0.444. The first-order valence-corrected chi connectivity index (χ1v) is 15.0. The molecule has 1 aliphatic heterocycles. The number of para-hydroxylation sites is 1. The number of morpholine rings is 1. The van der Waals surface area contributed by atoms with Crippen LogP contribution in [0.2, 0.25) is 0 Å². The molecule has 1 aromatic heterocycles. The lowest BCUT2D eigenvalue weighted by molar-refractivity contribution is 0.0363. The van der Waals surface area contributed by atoms with Gasteiger partial charge in [0.1, 0.15) is 0 Å². The highest BCUT2D eigenvalue weighted by Crippen LogP contribution is 2.26. The summed E-state index contributed by atoms with van der Waals surface area (Å²) < 4.78 is 36.2. The quantitative estimate of drug-likeness (QED) is 0.365. The molecule has 0 aliphatic carbocycles. The van der Waals surface area contributed by atoms with Crippen LogP contribution in [0.5, 0.6) is 0 Å².